The number of aliphatic carboxylic acids is 1. The molecule has 5 rings (SSSR count). The third-order valence-corrected chi connectivity index (χ3v) is 12.4. The molecule has 2 N–H and O–H groups in total. The molecule has 3 fully saturated rings. The van der Waals surface area contributed by atoms with Gasteiger partial charge in [-0.3, -0.25) is 14.4 Å². The molecule has 0 radical (unpaired) electrons. The summed E-state index contributed by atoms with van der Waals surface area (Å²) in [4.78, 5) is 40.3. The highest BCUT2D eigenvalue weighted by atomic mass is 16.4. The molecule has 0 aromatic heterocycles. The van der Waals surface area contributed by atoms with Crippen LogP contribution < -0.4 is 0 Å². The quantitative estimate of drug-likeness (QED) is 0.434. The third kappa shape index (κ3) is 2.89. The lowest BCUT2D eigenvalue weighted by Gasteiger charge is -2.68. The number of hydrogen-bond donors (Lipinski definition) is 2. The molecule has 0 aliphatic heterocycles. The number of nitrogens with one attached hydrogen (secondary N) is 1. The van der Waals surface area contributed by atoms with Gasteiger partial charge in [0.15, 0.2) is 11.6 Å². The molecule has 0 heterocycles. The number of carbonyl (C=O) groups is 3. The van der Waals surface area contributed by atoms with Crippen LogP contribution in [0.5, 0.6) is 0 Å². The van der Waals surface area contributed by atoms with Gasteiger partial charge in [0.25, 0.3) is 0 Å². The summed E-state index contributed by atoms with van der Waals surface area (Å²) in [5.41, 5.74) is -0.978. The van der Waals surface area contributed by atoms with Gasteiger partial charge >= 0.3 is 5.97 Å². The van der Waals surface area contributed by atoms with Gasteiger partial charge in [0.2, 0.25) is 0 Å². The second kappa shape index (κ2) is 7.29. The van der Waals surface area contributed by atoms with E-state index in [2.05, 4.69) is 34.6 Å². The lowest BCUT2D eigenvalue weighted by Crippen LogP contribution is -2.65. The number of fused-ring (bicyclic) bond motifs is 7. The first-order valence-corrected chi connectivity index (χ1v) is 13.8. The van der Waals surface area contributed by atoms with E-state index in [0.29, 0.717) is 18.4 Å². The second-order valence-corrected chi connectivity index (χ2v) is 14.8. The van der Waals surface area contributed by atoms with E-state index in [1.807, 2.05) is 26.0 Å². The number of ketones is 2. The highest BCUT2D eigenvalue weighted by Crippen LogP contribution is 2.74. The zero-order valence-corrected chi connectivity index (χ0v) is 23.1. The summed E-state index contributed by atoms with van der Waals surface area (Å²) in [5.74, 6) is -1.03. The van der Waals surface area contributed by atoms with Crippen LogP contribution in [0, 0.1) is 55.7 Å². The second-order valence-electron chi connectivity index (χ2n) is 14.8. The van der Waals surface area contributed by atoms with Crippen molar-refractivity contribution in [2.75, 3.05) is 0 Å². The van der Waals surface area contributed by atoms with Crippen molar-refractivity contribution in [2.45, 2.75) is 93.4 Å². The number of hydrogen-bond acceptors (Lipinski definition) is 4. The van der Waals surface area contributed by atoms with Gasteiger partial charge in [-0.25, -0.2) is 0 Å². The maximum Gasteiger partial charge on any atom is 0.309 e. The average Bonchev–Trinajstić information content (AvgIpc) is 2.77. The minimum atomic E-state index is -0.815. The molecule has 36 heavy (non-hydrogen) atoms. The van der Waals surface area contributed by atoms with E-state index >= 15 is 0 Å². The number of carboxylic acids is 1. The first kappa shape index (κ1) is 25.6. The molecule has 0 aromatic rings. The van der Waals surface area contributed by atoms with Crippen LogP contribution in [-0.4, -0.2) is 28.9 Å². The Labute approximate surface area is 215 Å². The predicted octanol–water partition coefficient (Wildman–Crippen LogP) is 6.42. The zero-order valence-electron chi connectivity index (χ0n) is 23.1. The van der Waals surface area contributed by atoms with Crippen molar-refractivity contribution in [3.63, 3.8) is 0 Å². The number of Topliss-reactive ketones (excluding diaryl/α,β-unsaturated/α-hetero) is 1. The van der Waals surface area contributed by atoms with Gasteiger partial charge < -0.3 is 10.5 Å². The highest BCUT2D eigenvalue weighted by Gasteiger charge is 2.70. The molecule has 1 unspecified atom stereocenters. The van der Waals surface area contributed by atoms with Crippen molar-refractivity contribution in [3.05, 3.63) is 23.3 Å². The number of rotatable bonds is 2. The monoisotopic (exact) mass is 493 g/mol. The van der Waals surface area contributed by atoms with E-state index in [-0.39, 0.29) is 45.6 Å². The minimum Gasteiger partial charge on any atom is -0.481 e. The first-order chi connectivity index (χ1) is 16.5. The van der Waals surface area contributed by atoms with Crippen LogP contribution >= 0.6 is 0 Å². The van der Waals surface area contributed by atoms with E-state index in [4.69, 9.17) is 5.41 Å². The van der Waals surface area contributed by atoms with Crippen molar-refractivity contribution in [3.8, 4) is 0 Å². The molecule has 7 atom stereocenters. The van der Waals surface area contributed by atoms with Crippen molar-refractivity contribution < 1.29 is 19.5 Å². The molecule has 5 aliphatic rings. The van der Waals surface area contributed by atoms with Crippen LogP contribution in [0.15, 0.2) is 23.3 Å². The molecule has 3 saturated carbocycles. The smallest absolute Gasteiger partial charge is 0.309 e. The number of allylic oxidation sites excluding steroid dienone is 4. The van der Waals surface area contributed by atoms with Crippen LogP contribution in [0.4, 0.5) is 0 Å². The molecule has 0 aromatic carbocycles. The average molecular weight is 494 g/mol. The maximum absolute atomic E-state index is 14.3. The Morgan fingerprint density at radius 3 is 2.25 bits per heavy atom. The molecule has 0 amide bonds. The molecular weight excluding hydrogens is 450 g/mol. The minimum absolute atomic E-state index is 0.0174. The van der Waals surface area contributed by atoms with Crippen molar-refractivity contribution in [1.29, 1.82) is 5.41 Å². The maximum atomic E-state index is 14.3. The van der Waals surface area contributed by atoms with E-state index < -0.39 is 22.2 Å². The topological polar surface area (TPSA) is 95.3 Å². The zero-order chi connectivity index (χ0) is 26.7. The summed E-state index contributed by atoms with van der Waals surface area (Å²) in [5, 5.41) is 18.4. The molecule has 196 valence electrons. The van der Waals surface area contributed by atoms with E-state index in [1.54, 1.807) is 0 Å². The standard InChI is InChI=1S/C31H43NO4/c1-26(2)10-12-31(25(35)36)13-11-30(7)23(19(31)16-26)20(33)14-22-28(5)15-18(17-32)24(34)27(3,4)21(28)8-9-29(22,30)6/h14-15,17,19,21,23,32H,8-13,16H2,1-7H3,(H,35,36)/t19-,21+,23?,28+,29-,30-,31+/m1/s1. The van der Waals surface area contributed by atoms with Crippen molar-refractivity contribution in [2.24, 2.45) is 50.2 Å². The van der Waals surface area contributed by atoms with Gasteiger partial charge in [0.1, 0.15) is 0 Å². The van der Waals surface area contributed by atoms with Gasteiger partial charge in [-0.15, -0.1) is 0 Å². The van der Waals surface area contributed by atoms with Gasteiger partial charge in [0.05, 0.1) is 5.41 Å². The molecule has 5 heteroatoms. The Morgan fingerprint density at radius 2 is 1.64 bits per heavy atom. The third-order valence-electron chi connectivity index (χ3n) is 12.4. The predicted molar refractivity (Wildman–Crippen MR) is 140 cm³/mol. The number of carboxylic acid groups (broad SMARTS) is 1. The molecule has 5 aliphatic carbocycles. The van der Waals surface area contributed by atoms with E-state index in [9.17, 15) is 19.5 Å². The molecule has 0 saturated heterocycles. The molecule has 0 spiro atoms. The fraction of sp³-hybridized carbons (Fsp3) is 0.742. The molecular formula is C31H43NO4. The summed E-state index contributed by atoms with van der Waals surface area (Å²) >= 11 is 0. The van der Waals surface area contributed by atoms with Crippen molar-refractivity contribution in [1.82, 2.24) is 0 Å². The largest absolute Gasteiger partial charge is 0.481 e. The van der Waals surface area contributed by atoms with Crippen LogP contribution in [0.2, 0.25) is 0 Å². The molecule has 0 bridgehead atoms. The highest BCUT2D eigenvalue weighted by molar-refractivity contribution is 6.16. The van der Waals surface area contributed by atoms with E-state index in [0.717, 1.165) is 37.7 Å². The lowest BCUT2D eigenvalue weighted by atomic mass is 9.34. The van der Waals surface area contributed by atoms with Crippen LogP contribution in [0.3, 0.4) is 0 Å². The summed E-state index contributed by atoms with van der Waals surface area (Å²) < 4.78 is 0. The van der Waals surface area contributed by atoms with Gasteiger partial charge in [-0.1, -0.05) is 60.1 Å². The van der Waals surface area contributed by atoms with Crippen LogP contribution in [0.1, 0.15) is 93.4 Å². The summed E-state index contributed by atoms with van der Waals surface area (Å²) in [6, 6.07) is 0. The molecule has 5 nitrogen and oxygen atoms in total. The van der Waals surface area contributed by atoms with Crippen molar-refractivity contribution >= 4 is 23.8 Å². The van der Waals surface area contributed by atoms with Gasteiger partial charge in [-0.05, 0) is 79.1 Å². The van der Waals surface area contributed by atoms with Crippen LogP contribution in [0.25, 0.3) is 0 Å². The SMILES string of the molecule is CC1(C)CC[C@]2(C(=O)O)CC[C@]3(C)C(C(=O)C=C4[C@@]5(C)C=C(C=N)C(=O)C(C)(C)[C@@H]5CC[C@]43C)[C@H]2C1. The summed E-state index contributed by atoms with van der Waals surface area (Å²) in [7, 11) is 0. The first-order valence-electron chi connectivity index (χ1n) is 13.8. The van der Waals surface area contributed by atoms with E-state index in [1.165, 1.54) is 6.21 Å². The lowest BCUT2D eigenvalue weighted by molar-refractivity contribution is -0.188. The van der Waals surface area contributed by atoms with Gasteiger partial charge in [-0.2, -0.15) is 0 Å². The fourth-order valence-electron chi connectivity index (χ4n) is 10.1. The van der Waals surface area contributed by atoms with Gasteiger partial charge in [0, 0.05) is 28.5 Å². The number of carbonyl (C=O) groups excluding carboxylic acids is 2. The Bertz CT molecular complexity index is 1140. The normalized spacial score (nSPS) is 46.8. The Balaban J connectivity index is 1.71. The van der Waals surface area contributed by atoms with Crippen LogP contribution in [-0.2, 0) is 14.4 Å². The summed E-state index contributed by atoms with van der Waals surface area (Å²) in [6.45, 7) is 15.2. The summed E-state index contributed by atoms with van der Waals surface area (Å²) in [6.07, 6.45) is 10.4. The Hall–Kier alpha value is -2.04. The Morgan fingerprint density at radius 1 is 1.00 bits per heavy atom. The Kier molecular flexibility index (Phi) is 5.18. The fourth-order valence-corrected chi connectivity index (χ4v) is 10.1.